The van der Waals surface area contributed by atoms with Crippen molar-refractivity contribution in [2.45, 2.75) is 73.3 Å². The van der Waals surface area contributed by atoms with E-state index in [4.69, 9.17) is 4.74 Å². The average molecular weight is 293 g/mol. The summed E-state index contributed by atoms with van der Waals surface area (Å²) in [7, 11) is 0. The zero-order valence-electron chi connectivity index (χ0n) is 14.5. The zero-order valence-corrected chi connectivity index (χ0v) is 14.5. The highest BCUT2D eigenvalue weighted by Crippen LogP contribution is 2.24. The van der Waals surface area contributed by atoms with Crippen molar-refractivity contribution in [2.24, 2.45) is 5.41 Å². The van der Waals surface area contributed by atoms with Crippen molar-refractivity contribution in [3.05, 3.63) is 11.8 Å². The van der Waals surface area contributed by atoms with Crippen LogP contribution in [0.25, 0.3) is 0 Å². The first-order valence-electron chi connectivity index (χ1n) is 8.08. The lowest BCUT2D eigenvalue weighted by molar-refractivity contribution is 0.232. The van der Waals surface area contributed by atoms with Gasteiger partial charge in [0.15, 0.2) is 0 Å². The van der Waals surface area contributed by atoms with Crippen LogP contribution in [0.1, 0.15) is 66.0 Å². The Labute approximate surface area is 129 Å². The van der Waals surface area contributed by atoms with Crippen LogP contribution in [-0.4, -0.2) is 22.6 Å². The Morgan fingerprint density at radius 1 is 1.24 bits per heavy atom. The van der Waals surface area contributed by atoms with Gasteiger partial charge in [0, 0.05) is 18.3 Å². The zero-order chi connectivity index (χ0) is 15.9. The van der Waals surface area contributed by atoms with Crippen LogP contribution in [0.5, 0.6) is 5.88 Å². The third-order valence-corrected chi connectivity index (χ3v) is 3.37. The van der Waals surface area contributed by atoms with Crippen LogP contribution < -0.4 is 10.1 Å². The summed E-state index contributed by atoms with van der Waals surface area (Å²) in [6, 6.07) is 1.87. The molecule has 0 saturated heterocycles. The molecule has 1 aromatic rings. The van der Waals surface area contributed by atoms with E-state index in [-0.39, 0.29) is 11.5 Å². The maximum Gasteiger partial charge on any atom is 0.226 e. The van der Waals surface area contributed by atoms with E-state index < -0.39 is 0 Å². The number of aromatic nitrogens is 2. The fraction of sp³-hybridized carbons (Fsp3) is 0.765. The monoisotopic (exact) mass is 293 g/mol. The van der Waals surface area contributed by atoms with Gasteiger partial charge in [0.05, 0.1) is 6.10 Å². The molecule has 0 aliphatic heterocycles. The Hall–Kier alpha value is -1.32. The minimum Gasteiger partial charge on any atom is -0.475 e. The van der Waals surface area contributed by atoms with Crippen LogP contribution in [0, 0.1) is 12.3 Å². The van der Waals surface area contributed by atoms with Crippen molar-refractivity contribution in [3.8, 4) is 5.88 Å². The highest BCUT2D eigenvalue weighted by atomic mass is 16.5. The minimum absolute atomic E-state index is 0.123. The molecule has 1 heterocycles. The number of unbranched alkanes of at least 4 members (excludes halogenated alkanes) is 2. The molecule has 0 bridgehead atoms. The van der Waals surface area contributed by atoms with E-state index in [0.717, 1.165) is 12.2 Å². The fourth-order valence-corrected chi connectivity index (χ4v) is 2.18. The molecule has 4 nitrogen and oxygen atoms in total. The lowest BCUT2D eigenvalue weighted by atomic mass is 9.87. The van der Waals surface area contributed by atoms with Crippen molar-refractivity contribution in [1.82, 2.24) is 9.97 Å². The topological polar surface area (TPSA) is 47.0 Å². The van der Waals surface area contributed by atoms with Gasteiger partial charge in [-0.05, 0) is 32.6 Å². The molecule has 0 fully saturated rings. The molecule has 1 aromatic heterocycles. The lowest BCUT2D eigenvalue weighted by Crippen LogP contribution is -2.24. The Balaban J connectivity index is 2.59. The first-order valence-corrected chi connectivity index (χ1v) is 8.08. The predicted octanol–water partition coefficient (Wildman–Crippen LogP) is 4.59. The SMILES string of the molecule is CCCCCC(C)(C)CNc1nc(C)cc(OC(C)C)n1. The molecule has 0 spiro atoms. The van der Waals surface area contributed by atoms with E-state index in [1.54, 1.807) is 0 Å². The normalized spacial score (nSPS) is 11.8. The summed E-state index contributed by atoms with van der Waals surface area (Å²) in [5.41, 5.74) is 1.17. The second-order valence-corrected chi connectivity index (χ2v) is 6.81. The third-order valence-electron chi connectivity index (χ3n) is 3.37. The van der Waals surface area contributed by atoms with E-state index in [0.29, 0.717) is 11.8 Å². The van der Waals surface area contributed by atoms with Crippen molar-refractivity contribution in [2.75, 3.05) is 11.9 Å². The first-order chi connectivity index (χ1) is 9.82. The van der Waals surface area contributed by atoms with Crippen molar-refractivity contribution < 1.29 is 4.74 Å². The number of aryl methyl sites for hydroxylation is 1. The van der Waals surface area contributed by atoms with E-state index in [1.807, 2.05) is 26.8 Å². The van der Waals surface area contributed by atoms with Crippen LogP contribution in [0.15, 0.2) is 6.07 Å². The van der Waals surface area contributed by atoms with Crippen LogP contribution in [0.4, 0.5) is 5.95 Å². The second kappa shape index (κ2) is 8.20. The highest BCUT2D eigenvalue weighted by Gasteiger charge is 2.17. The van der Waals surface area contributed by atoms with Crippen molar-refractivity contribution >= 4 is 5.95 Å². The molecular weight excluding hydrogens is 262 g/mol. The van der Waals surface area contributed by atoms with Crippen LogP contribution in [0.3, 0.4) is 0 Å². The van der Waals surface area contributed by atoms with Gasteiger partial charge in [-0.3, -0.25) is 0 Å². The molecule has 120 valence electrons. The van der Waals surface area contributed by atoms with Crippen LogP contribution in [-0.2, 0) is 0 Å². The van der Waals surface area contributed by atoms with Crippen molar-refractivity contribution in [3.63, 3.8) is 0 Å². The van der Waals surface area contributed by atoms with E-state index in [2.05, 4.69) is 36.1 Å². The smallest absolute Gasteiger partial charge is 0.226 e. The Morgan fingerprint density at radius 3 is 2.57 bits per heavy atom. The summed E-state index contributed by atoms with van der Waals surface area (Å²) in [6.45, 7) is 13.7. The van der Waals surface area contributed by atoms with Crippen LogP contribution >= 0.6 is 0 Å². The summed E-state index contributed by atoms with van der Waals surface area (Å²) < 4.78 is 5.66. The molecule has 0 aromatic carbocycles. The largest absolute Gasteiger partial charge is 0.475 e. The number of hydrogen-bond donors (Lipinski definition) is 1. The Bertz CT molecular complexity index is 430. The number of ether oxygens (including phenoxy) is 1. The highest BCUT2D eigenvalue weighted by molar-refractivity contribution is 5.30. The molecule has 4 heteroatoms. The van der Waals surface area contributed by atoms with Gasteiger partial charge in [0.1, 0.15) is 0 Å². The maximum absolute atomic E-state index is 5.66. The van der Waals surface area contributed by atoms with Gasteiger partial charge in [0.25, 0.3) is 0 Å². The summed E-state index contributed by atoms with van der Waals surface area (Å²) >= 11 is 0. The number of nitrogens with one attached hydrogen (secondary N) is 1. The molecule has 0 radical (unpaired) electrons. The summed E-state index contributed by atoms with van der Waals surface area (Å²) in [5, 5.41) is 3.36. The van der Waals surface area contributed by atoms with Gasteiger partial charge in [-0.15, -0.1) is 0 Å². The van der Waals surface area contributed by atoms with Crippen LogP contribution in [0.2, 0.25) is 0 Å². The molecule has 1 N–H and O–H groups in total. The molecule has 0 saturated carbocycles. The van der Waals surface area contributed by atoms with Gasteiger partial charge in [-0.25, -0.2) is 4.98 Å². The second-order valence-electron chi connectivity index (χ2n) is 6.81. The van der Waals surface area contributed by atoms with E-state index >= 15 is 0 Å². The minimum atomic E-state index is 0.123. The molecular formula is C17H31N3O. The molecule has 1 rings (SSSR count). The maximum atomic E-state index is 5.66. The molecule has 0 aliphatic carbocycles. The standard InChI is InChI=1S/C17H31N3O/c1-7-8-9-10-17(5,6)12-18-16-19-14(4)11-15(20-16)21-13(2)3/h11,13H,7-10,12H2,1-6H3,(H,18,19,20). The fourth-order valence-electron chi connectivity index (χ4n) is 2.18. The van der Waals surface area contributed by atoms with Gasteiger partial charge in [0.2, 0.25) is 11.8 Å². The molecule has 0 unspecified atom stereocenters. The molecule has 0 amide bonds. The summed E-state index contributed by atoms with van der Waals surface area (Å²) in [5.74, 6) is 1.30. The van der Waals surface area contributed by atoms with Gasteiger partial charge >= 0.3 is 0 Å². The molecule has 0 atom stereocenters. The van der Waals surface area contributed by atoms with E-state index in [9.17, 15) is 0 Å². The molecule has 21 heavy (non-hydrogen) atoms. The summed E-state index contributed by atoms with van der Waals surface area (Å²) in [4.78, 5) is 8.87. The van der Waals surface area contributed by atoms with Gasteiger partial charge in [-0.2, -0.15) is 4.98 Å². The quantitative estimate of drug-likeness (QED) is 0.676. The first kappa shape index (κ1) is 17.7. The summed E-state index contributed by atoms with van der Waals surface area (Å²) in [6.07, 6.45) is 5.19. The Morgan fingerprint density at radius 2 is 1.95 bits per heavy atom. The van der Waals surface area contributed by atoms with Crippen molar-refractivity contribution in [1.29, 1.82) is 0 Å². The van der Waals surface area contributed by atoms with E-state index in [1.165, 1.54) is 25.7 Å². The Kier molecular flexibility index (Phi) is 6.93. The molecule has 0 aliphatic rings. The number of rotatable bonds is 9. The van der Waals surface area contributed by atoms with Gasteiger partial charge in [-0.1, -0.05) is 40.0 Å². The average Bonchev–Trinajstić information content (AvgIpc) is 2.35. The third kappa shape index (κ3) is 7.30. The number of nitrogens with zero attached hydrogens (tertiary/aromatic N) is 2. The number of anilines is 1. The number of hydrogen-bond acceptors (Lipinski definition) is 4. The van der Waals surface area contributed by atoms with Gasteiger partial charge < -0.3 is 10.1 Å². The predicted molar refractivity (Wildman–Crippen MR) is 88.9 cm³/mol. The lowest BCUT2D eigenvalue weighted by Gasteiger charge is -2.25.